The molecule has 1 amide bonds. The van der Waals surface area contributed by atoms with Crippen molar-refractivity contribution in [3.8, 4) is 28.5 Å². The number of aromatic hydroxyl groups is 1. The van der Waals surface area contributed by atoms with E-state index in [1.807, 2.05) is 6.92 Å². The van der Waals surface area contributed by atoms with Gasteiger partial charge in [0.15, 0.2) is 12.4 Å². The second-order valence-electron chi connectivity index (χ2n) is 6.60. The van der Waals surface area contributed by atoms with Crippen molar-refractivity contribution in [1.82, 2.24) is 9.88 Å². The van der Waals surface area contributed by atoms with Crippen molar-refractivity contribution in [2.75, 3.05) is 20.7 Å². The van der Waals surface area contributed by atoms with Gasteiger partial charge in [-0.25, -0.2) is 4.79 Å². The monoisotopic (exact) mass is 400 g/mol. The Morgan fingerprint density at radius 3 is 2.39 bits per heavy atom. The zero-order valence-electron chi connectivity index (χ0n) is 16.3. The summed E-state index contributed by atoms with van der Waals surface area (Å²) in [5, 5.41) is 10.4. The van der Waals surface area contributed by atoms with Crippen LogP contribution in [0.25, 0.3) is 11.1 Å². The fraction of sp³-hybridized carbons (Fsp3) is 0.421. The number of hydrogen-bond donors (Lipinski definition) is 2. The minimum absolute atomic E-state index is 0.0778. The molecule has 0 spiro atoms. The molecule has 2 N–H and O–H groups in total. The summed E-state index contributed by atoms with van der Waals surface area (Å²) < 4.78 is 47.6. The lowest BCUT2D eigenvalue weighted by Gasteiger charge is -2.17. The van der Waals surface area contributed by atoms with Gasteiger partial charge in [-0.2, -0.15) is 13.2 Å². The van der Waals surface area contributed by atoms with Gasteiger partial charge >= 0.3 is 12.3 Å². The quantitative estimate of drug-likeness (QED) is 0.771. The SMILES string of the molecule is CCc1cc(OCC(F)(F)F)cc(C)c1-c1c(O)[nH]c(C)c1OC(=O)N(C)C. The van der Waals surface area contributed by atoms with Crippen LogP contribution in [0.15, 0.2) is 12.1 Å². The number of nitrogens with one attached hydrogen (secondary N) is 1. The lowest BCUT2D eigenvalue weighted by Crippen LogP contribution is -2.25. The Labute approximate surface area is 160 Å². The molecule has 2 aromatic rings. The summed E-state index contributed by atoms with van der Waals surface area (Å²) >= 11 is 0. The molecular formula is C19H23F3N2O4. The van der Waals surface area contributed by atoms with Gasteiger partial charge in [-0.1, -0.05) is 6.92 Å². The normalized spacial score (nSPS) is 11.4. The summed E-state index contributed by atoms with van der Waals surface area (Å²) in [4.78, 5) is 16.0. The molecule has 0 saturated carbocycles. The summed E-state index contributed by atoms with van der Waals surface area (Å²) in [5.41, 5.74) is 2.53. The van der Waals surface area contributed by atoms with Gasteiger partial charge in [-0.3, -0.25) is 0 Å². The number of alkyl halides is 3. The van der Waals surface area contributed by atoms with Gasteiger partial charge in [0.25, 0.3) is 0 Å². The Morgan fingerprint density at radius 2 is 1.86 bits per heavy atom. The van der Waals surface area contributed by atoms with E-state index in [1.54, 1.807) is 13.8 Å². The topological polar surface area (TPSA) is 74.8 Å². The van der Waals surface area contributed by atoms with Gasteiger partial charge in [-0.15, -0.1) is 0 Å². The number of amides is 1. The van der Waals surface area contributed by atoms with E-state index in [2.05, 4.69) is 4.98 Å². The van der Waals surface area contributed by atoms with Crippen LogP contribution < -0.4 is 9.47 Å². The first-order chi connectivity index (χ1) is 12.9. The van der Waals surface area contributed by atoms with E-state index in [9.17, 15) is 23.1 Å². The van der Waals surface area contributed by atoms with Crippen molar-refractivity contribution in [3.63, 3.8) is 0 Å². The average molecular weight is 400 g/mol. The molecule has 0 fully saturated rings. The van der Waals surface area contributed by atoms with Crippen molar-refractivity contribution in [1.29, 1.82) is 0 Å². The first kappa shape index (κ1) is 21.5. The highest BCUT2D eigenvalue weighted by molar-refractivity contribution is 5.85. The van der Waals surface area contributed by atoms with Crippen molar-refractivity contribution in [3.05, 3.63) is 29.0 Å². The predicted molar refractivity (Wildman–Crippen MR) is 98.0 cm³/mol. The number of carbonyl (C=O) groups is 1. The number of carbonyl (C=O) groups excluding carboxylic acids is 1. The van der Waals surface area contributed by atoms with Crippen LogP contribution in [-0.4, -0.2) is 48.0 Å². The van der Waals surface area contributed by atoms with Crippen LogP contribution in [-0.2, 0) is 6.42 Å². The van der Waals surface area contributed by atoms with Gasteiger partial charge in [0, 0.05) is 14.1 Å². The van der Waals surface area contributed by atoms with Crippen molar-refractivity contribution >= 4 is 6.09 Å². The number of rotatable bonds is 5. The molecule has 28 heavy (non-hydrogen) atoms. The minimum Gasteiger partial charge on any atom is -0.494 e. The standard InChI is InChI=1S/C19H23F3N2O4/c1-6-12-8-13(27-9-19(20,21)22)7-10(2)14(12)15-16(11(3)23-17(15)25)28-18(26)24(4)5/h7-8,23,25H,6,9H2,1-5H3. The van der Waals surface area contributed by atoms with Crippen molar-refractivity contribution in [2.45, 2.75) is 33.4 Å². The predicted octanol–water partition coefficient (Wildman–Crippen LogP) is 4.57. The Bertz CT molecular complexity index is 873. The number of nitrogens with zero attached hydrogens (tertiary/aromatic N) is 1. The molecule has 0 atom stereocenters. The Morgan fingerprint density at radius 1 is 1.21 bits per heavy atom. The molecule has 6 nitrogen and oxygen atoms in total. The van der Waals surface area contributed by atoms with Crippen LogP contribution in [0.5, 0.6) is 17.4 Å². The van der Waals surface area contributed by atoms with Crippen LogP contribution in [0, 0.1) is 13.8 Å². The summed E-state index contributed by atoms with van der Waals surface area (Å²) in [6, 6.07) is 2.95. The third kappa shape index (κ3) is 4.71. The molecule has 1 heterocycles. The molecule has 1 aromatic heterocycles. The molecule has 0 bridgehead atoms. The number of hydrogen-bond acceptors (Lipinski definition) is 4. The number of ether oxygens (including phenoxy) is 2. The summed E-state index contributed by atoms with van der Waals surface area (Å²) in [6.07, 6.45) is -4.60. The van der Waals surface area contributed by atoms with E-state index < -0.39 is 18.9 Å². The minimum atomic E-state index is -4.44. The second kappa shape index (κ2) is 8.04. The third-order valence-corrected chi connectivity index (χ3v) is 4.09. The Kier molecular flexibility index (Phi) is 6.16. The first-order valence-electron chi connectivity index (χ1n) is 8.58. The smallest absolute Gasteiger partial charge is 0.422 e. The van der Waals surface area contributed by atoms with E-state index >= 15 is 0 Å². The van der Waals surface area contributed by atoms with Gasteiger partial charge < -0.3 is 24.5 Å². The third-order valence-electron chi connectivity index (χ3n) is 4.09. The molecule has 0 aliphatic heterocycles. The molecule has 9 heteroatoms. The molecule has 0 aliphatic carbocycles. The molecule has 1 aromatic carbocycles. The number of halogens is 3. The van der Waals surface area contributed by atoms with Gasteiger partial charge in [0.1, 0.15) is 5.75 Å². The van der Waals surface area contributed by atoms with Crippen LogP contribution in [0.2, 0.25) is 0 Å². The van der Waals surface area contributed by atoms with E-state index in [0.29, 0.717) is 28.8 Å². The molecule has 0 saturated heterocycles. The molecule has 0 radical (unpaired) electrons. The van der Waals surface area contributed by atoms with Crippen molar-refractivity contribution < 1.29 is 32.5 Å². The fourth-order valence-corrected chi connectivity index (χ4v) is 2.84. The highest BCUT2D eigenvalue weighted by Gasteiger charge is 2.29. The van der Waals surface area contributed by atoms with Crippen LogP contribution in [0.3, 0.4) is 0 Å². The highest BCUT2D eigenvalue weighted by Crippen LogP contribution is 2.45. The maximum absolute atomic E-state index is 12.4. The van der Waals surface area contributed by atoms with E-state index in [4.69, 9.17) is 9.47 Å². The summed E-state index contributed by atoms with van der Waals surface area (Å²) in [6.45, 7) is 3.76. The van der Waals surface area contributed by atoms with E-state index in [1.165, 1.54) is 31.1 Å². The van der Waals surface area contributed by atoms with Crippen LogP contribution in [0.4, 0.5) is 18.0 Å². The maximum Gasteiger partial charge on any atom is 0.422 e. The number of aryl methyl sites for hydroxylation is 3. The molecule has 0 aliphatic rings. The van der Waals surface area contributed by atoms with Crippen molar-refractivity contribution in [2.24, 2.45) is 0 Å². The lowest BCUT2D eigenvalue weighted by atomic mass is 9.94. The largest absolute Gasteiger partial charge is 0.494 e. The fourth-order valence-electron chi connectivity index (χ4n) is 2.84. The molecule has 0 unspecified atom stereocenters. The van der Waals surface area contributed by atoms with Gasteiger partial charge in [0.2, 0.25) is 5.88 Å². The number of aromatic amines is 1. The van der Waals surface area contributed by atoms with E-state index in [-0.39, 0.29) is 22.9 Å². The van der Waals surface area contributed by atoms with E-state index in [0.717, 1.165) is 0 Å². The average Bonchev–Trinajstić information content (AvgIpc) is 2.85. The second-order valence-corrected chi connectivity index (χ2v) is 6.60. The highest BCUT2D eigenvalue weighted by atomic mass is 19.4. The molecule has 2 rings (SSSR count). The van der Waals surface area contributed by atoms with Gasteiger partial charge in [0.05, 0.1) is 11.3 Å². The summed E-state index contributed by atoms with van der Waals surface area (Å²) in [7, 11) is 3.05. The number of H-pyrrole nitrogens is 1. The van der Waals surface area contributed by atoms with Crippen LogP contribution in [0.1, 0.15) is 23.7 Å². The summed E-state index contributed by atoms with van der Waals surface area (Å²) in [5.74, 6) is 0.0489. The molecule has 154 valence electrons. The maximum atomic E-state index is 12.4. The van der Waals surface area contributed by atoms with Gasteiger partial charge in [-0.05, 0) is 49.1 Å². The number of benzene rings is 1. The zero-order chi connectivity index (χ0) is 21.2. The van der Waals surface area contributed by atoms with Crippen LogP contribution >= 0.6 is 0 Å². The first-order valence-corrected chi connectivity index (χ1v) is 8.58. The Hall–Kier alpha value is -2.84. The zero-order valence-corrected chi connectivity index (χ0v) is 16.3. The lowest BCUT2D eigenvalue weighted by molar-refractivity contribution is -0.153. The number of aromatic nitrogens is 1. The molecular weight excluding hydrogens is 377 g/mol. The Balaban J connectivity index is 2.54.